The van der Waals surface area contributed by atoms with Crippen molar-refractivity contribution in [1.29, 1.82) is 0 Å². The van der Waals surface area contributed by atoms with E-state index < -0.39 is 4.92 Å². The summed E-state index contributed by atoms with van der Waals surface area (Å²) in [5.41, 5.74) is 0.613. The highest BCUT2D eigenvalue weighted by molar-refractivity contribution is 9.10. The topological polar surface area (TPSA) is 69.4 Å². The van der Waals surface area contributed by atoms with E-state index in [1.807, 2.05) is 0 Å². The molecule has 1 aromatic rings. The fourth-order valence-electron chi connectivity index (χ4n) is 1.70. The summed E-state index contributed by atoms with van der Waals surface area (Å²) in [4.78, 5) is 21.3. The first-order valence-corrected chi connectivity index (χ1v) is 5.89. The lowest BCUT2D eigenvalue weighted by molar-refractivity contribution is -0.386. The lowest BCUT2D eigenvalue weighted by Crippen LogP contribution is -2.34. The molecule has 1 aromatic carbocycles. The highest BCUT2D eigenvalue weighted by Crippen LogP contribution is 2.36. The van der Waals surface area contributed by atoms with Crippen molar-refractivity contribution < 1.29 is 14.5 Å². The quantitative estimate of drug-likeness (QED) is 0.635. The number of hydrogen-bond acceptors (Lipinski definition) is 4. The number of Topliss-reactive ketones (excluding diaryl/α,β-unsaturated/α-hetero) is 1. The number of hydrogen-bond donors (Lipinski definition) is 0. The van der Waals surface area contributed by atoms with Crippen molar-refractivity contribution in [3.05, 3.63) is 32.3 Å². The maximum absolute atomic E-state index is 10.9. The maximum Gasteiger partial charge on any atom is 0.312 e. The molecule has 0 atom stereocenters. The van der Waals surface area contributed by atoms with Crippen LogP contribution in [0.4, 0.5) is 5.69 Å². The van der Waals surface area contributed by atoms with Crippen LogP contribution in [0.25, 0.3) is 0 Å². The molecular formula is C11H10BrNO4. The van der Waals surface area contributed by atoms with Gasteiger partial charge in [0.25, 0.3) is 0 Å². The summed E-state index contributed by atoms with van der Waals surface area (Å²) in [6.07, 6.45) is 0.459. The molecule has 5 nitrogen and oxygen atoms in total. The molecule has 1 saturated carbocycles. The third-order valence-electron chi connectivity index (χ3n) is 2.61. The van der Waals surface area contributed by atoms with Crippen LogP contribution in [0.3, 0.4) is 0 Å². The number of halogens is 1. The summed E-state index contributed by atoms with van der Waals surface area (Å²) >= 11 is 3.21. The normalized spacial score (nSPS) is 15.5. The van der Waals surface area contributed by atoms with Gasteiger partial charge in [-0.3, -0.25) is 14.9 Å². The SMILES string of the molecule is Cc1cc(Br)cc([N+](=O)[O-])c1OC1CC(=O)C1. The van der Waals surface area contributed by atoms with Gasteiger partial charge in [-0.05, 0) is 18.6 Å². The Morgan fingerprint density at radius 3 is 2.65 bits per heavy atom. The molecule has 0 radical (unpaired) electrons. The number of rotatable bonds is 3. The number of carbonyl (C=O) groups excluding carboxylic acids is 1. The number of ketones is 1. The minimum Gasteiger partial charge on any atom is -0.482 e. The molecule has 17 heavy (non-hydrogen) atoms. The van der Waals surface area contributed by atoms with Gasteiger partial charge in [0.15, 0.2) is 5.75 Å². The minimum atomic E-state index is -0.479. The van der Waals surface area contributed by atoms with Crippen molar-refractivity contribution in [2.24, 2.45) is 0 Å². The Balaban J connectivity index is 2.30. The summed E-state index contributed by atoms with van der Waals surface area (Å²) in [5, 5.41) is 10.9. The van der Waals surface area contributed by atoms with Gasteiger partial charge in [-0.1, -0.05) is 15.9 Å². The van der Waals surface area contributed by atoms with Crippen molar-refractivity contribution in [2.45, 2.75) is 25.9 Å². The summed E-state index contributed by atoms with van der Waals surface area (Å²) in [7, 11) is 0. The molecule has 0 aliphatic heterocycles. The fourth-order valence-corrected chi connectivity index (χ4v) is 2.26. The average molecular weight is 300 g/mol. The van der Waals surface area contributed by atoms with E-state index in [0.717, 1.165) is 0 Å². The van der Waals surface area contributed by atoms with Crippen LogP contribution in [-0.4, -0.2) is 16.8 Å². The first-order chi connectivity index (χ1) is 7.97. The zero-order valence-electron chi connectivity index (χ0n) is 9.10. The van der Waals surface area contributed by atoms with Crippen molar-refractivity contribution in [3.8, 4) is 5.75 Å². The Kier molecular flexibility index (Phi) is 3.15. The van der Waals surface area contributed by atoms with Gasteiger partial charge in [0.05, 0.1) is 4.92 Å². The number of nitro benzene ring substituents is 1. The Hall–Kier alpha value is -1.43. The first-order valence-electron chi connectivity index (χ1n) is 5.10. The minimum absolute atomic E-state index is 0.0729. The number of aryl methyl sites for hydroxylation is 1. The number of carbonyl (C=O) groups is 1. The molecule has 0 N–H and O–H groups in total. The van der Waals surface area contributed by atoms with E-state index in [1.54, 1.807) is 13.0 Å². The molecule has 2 rings (SSSR count). The number of nitro groups is 1. The molecule has 0 saturated heterocycles. The van der Waals surface area contributed by atoms with Crippen LogP contribution in [0.15, 0.2) is 16.6 Å². The molecule has 1 aliphatic carbocycles. The van der Waals surface area contributed by atoms with Gasteiger partial charge < -0.3 is 4.74 Å². The second-order valence-electron chi connectivity index (χ2n) is 4.01. The molecule has 0 bridgehead atoms. The third-order valence-corrected chi connectivity index (χ3v) is 3.07. The number of nitrogens with zero attached hydrogens (tertiary/aromatic N) is 1. The Morgan fingerprint density at radius 2 is 2.12 bits per heavy atom. The van der Waals surface area contributed by atoms with Crippen LogP contribution in [0.2, 0.25) is 0 Å². The van der Waals surface area contributed by atoms with Gasteiger partial charge in [-0.2, -0.15) is 0 Å². The van der Waals surface area contributed by atoms with Gasteiger partial charge in [0, 0.05) is 23.4 Å². The highest BCUT2D eigenvalue weighted by Gasteiger charge is 2.31. The van der Waals surface area contributed by atoms with Crippen molar-refractivity contribution in [1.82, 2.24) is 0 Å². The Morgan fingerprint density at radius 1 is 1.47 bits per heavy atom. The maximum atomic E-state index is 10.9. The zero-order chi connectivity index (χ0) is 12.6. The highest BCUT2D eigenvalue weighted by atomic mass is 79.9. The molecule has 0 amide bonds. The second kappa shape index (κ2) is 4.44. The Bertz CT molecular complexity index is 492. The van der Waals surface area contributed by atoms with Crippen LogP contribution in [0.1, 0.15) is 18.4 Å². The van der Waals surface area contributed by atoms with E-state index in [-0.39, 0.29) is 23.3 Å². The summed E-state index contributed by atoms with van der Waals surface area (Å²) in [5.74, 6) is 0.392. The first kappa shape index (κ1) is 12.0. The molecule has 1 aliphatic rings. The molecule has 0 spiro atoms. The summed E-state index contributed by atoms with van der Waals surface area (Å²) in [6.45, 7) is 1.74. The van der Waals surface area contributed by atoms with E-state index in [0.29, 0.717) is 22.9 Å². The second-order valence-corrected chi connectivity index (χ2v) is 4.93. The van der Waals surface area contributed by atoms with Gasteiger partial charge in [0.2, 0.25) is 0 Å². The van der Waals surface area contributed by atoms with E-state index >= 15 is 0 Å². The molecule has 1 fully saturated rings. The monoisotopic (exact) mass is 299 g/mol. The average Bonchev–Trinajstić information content (AvgIpc) is 2.18. The number of benzene rings is 1. The summed E-state index contributed by atoms with van der Waals surface area (Å²) < 4.78 is 6.15. The van der Waals surface area contributed by atoms with Gasteiger partial charge in [-0.15, -0.1) is 0 Å². The molecule has 0 heterocycles. The molecular weight excluding hydrogens is 290 g/mol. The van der Waals surface area contributed by atoms with Gasteiger partial charge in [-0.25, -0.2) is 0 Å². The molecule has 90 valence electrons. The van der Waals surface area contributed by atoms with Gasteiger partial charge >= 0.3 is 5.69 Å². The van der Waals surface area contributed by atoms with Gasteiger partial charge in [0.1, 0.15) is 11.9 Å². The van der Waals surface area contributed by atoms with Crippen LogP contribution in [-0.2, 0) is 4.79 Å². The van der Waals surface area contributed by atoms with Crippen molar-refractivity contribution >= 4 is 27.4 Å². The Labute approximate surface area is 106 Å². The van der Waals surface area contributed by atoms with E-state index in [1.165, 1.54) is 6.07 Å². The van der Waals surface area contributed by atoms with E-state index in [9.17, 15) is 14.9 Å². The van der Waals surface area contributed by atoms with E-state index in [2.05, 4.69) is 15.9 Å². The largest absolute Gasteiger partial charge is 0.482 e. The van der Waals surface area contributed by atoms with Crippen molar-refractivity contribution in [3.63, 3.8) is 0 Å². The molecule has 6 heteroatoms. The lowest BCUT2D eigenvalue weighted by Gasteiger charge is -2.25. The standard InChI is InChI=1S/C11H10BrNO4/c1-6-2-7(12)3-10(13(15)16)11(6)17-9-4-8(14)5-9/h2-3,9H,4-5H2,1H3. The molecule has 0 unspecified atom stereocenters. The van der Waals surface area contributed by atoms with Crippen LogP contribution < -0.4 is 4.74 Å². The zero-order valence-corrected chi connectivity index (χ0v) is 10.7. The smallest absolute Gasteiger partial charge is 0.312 e. The molecule has 0 aromatic heterocycles. The lowest BCUT2D eigenvalue weighted by atomic mass is 9.94. The summed E-state index contributed by atoms with van der Waals surface area (Å²) in [6, 6.07) is 3.16. The predicted molar refractivity (Wildman–Crippen MR) is 64.2 cm³/mol. The van der Waals surface area contributed by atoms with Crippen molar-refractivity contribution in [2.75, 3.05) is 0 Å². The van der Waals surface area contributed by atoms with E-state index in [4.69, 9.17) is 4.74 Å². The fraction of sp³-hybridized carbons (Fsp3) is 0.364. The van der Waals surface area contributed by atoms with Crippen LogP contribution in [0.5, 0.6) is 5.75 Å². The third kappa shape index (κ3) is 2.46. The number of ether oxygens (including phenoxy) is 1. The van der Waals surface area contributed by atoms with Crippen LogP contribution >= 0.6 is 15.9 Å². The van der Waals surface area contributed by atoms with Crippen LogP contribution in [0, 0.1) is 17.0 Å². The predicted octanol–water partition coefficient (Wildman–Crippen LogP) is 2.78.